The fraction of sp³-hybridized carbons (Fsp3) is 0.650. The number of ether oxygens (including phenoxy) is 2. The Morgan fingerprint density at radius 3 is 2.18 bits per heavy atom. The molecule has 1 heterocycles. The van der Waals surface area contributed by atoms with Crippen molar-refractivity contribution in [1.29, 1.82) is 0 Å². The van der Waals surface area contributed by atoms with E-state index in [0.717, 1.165) is 11.3 Å². The molecule has 0 spiro atoms. The summed E-state index contributed by atoms with van der Waals surface area (Å²) in [7, 11) is -1.81. The number of esters is 1. The molecule has 2 rings (SSSR count). The molecule has 0 unspecified atom stereocenters. The molecule has 1 saturated heterocycles. The first-order valence-corrected chi connectivity index (χ1v) is 11.3. The van der Waals surface area contributed by atoms with Crippen molar-refractivity contribution in [2.45, 2.75) is 58.5 Å². The summed E-state index contributed by atoms with van der Waals surface area (Å²) in [6, 6.07) is 7.09. The molecule has 1 aliphatic heterocycles. The van der Waals surface area contributed by atoms with Gasteiger partial charge in [0.15, 0.2) is 0 Å². The van der Waals surface area contributed by atoms with Crippen LogP contribution in [0.1, 0.15) is 52.6 Å². The Balaban J connectivity index is 2.34. The summed E-state index contributed by atoms with van der Waals surface area (Å²) in [5.74, 6) is -0.701. The minimum absolute atomic E-state index is 0.264. The molecular weight excluding hydrogens is 381 g/mol. The Kier molecular flexibility index (Phi) is 7.68. The van der Waals surface area contributed by atoms with Crippen molar-refractivity contribution < 1.29 is 27.9 Å². The summed E-state index contributed by atoms with van der Waals surface area (Å²) >= 11 is 0. The van der Waals surface area contributed by atoms with Gasteiger partial charge in [0.1, 0.15) is 17.1 Å². The SMILES string of the molecule is CCOP(=O)(OCC)[C@H]1C[C@H](C(=O)OC(C)(C)C)[C@@H](c2ccc(OC)cc2)N1. The van der Waals surface area contributed by atoms with E-state index in [2.05, 4.69) is 5.32 Å². The van der Waals surface area contributed by atoms with Gasteiger partial charge in [-0.05, 0) is 58.7 Å². The highest BCUT2D eigenvalue weighted by Gasteiger charge is 2.49. The molecule has 1 aliphatic rings. The topological polar surface area (TPSA) is 83.1 Å². The van der Waals surface area contributed by atoms with Crippen molar-refractivity contribution in [1.82, 2.24) is 5.32 Å². The average molecular weight is 413 g/mol. The van der Waals surface area contributed by atoms with E-state index < -0.39 is 24.9 Å². The highest BCUT2D eigenvalue weighted by molar-refractivity contribution is 7.54. The number of carbonyl (C=O) groups excluding carboxylic acids is 1. The zero-order valence-electron chi connectivity index (χ0n) is 17.6. The Morgan fingerprint density at radius 1 is 1.14 bits per heavy atom. The van der Waals surface area contributed by atoms with Gasteiger partial charge in [-0.25, -0.2) is 0 Å². The zero-order valence-corrected chi connectivity index (χ0v) is 18.5. The first-order valence-electron chi connectivity index (χ1n) is 9.65. The average Bonchev–Trinajstić information content (AvgIpc) is 3.07. The largest absolute Gasteiger partial charge is 0.497 e. The van der Waals surface area contributed by atoms with Crippen LogP contribution in [-0.2, 0) is 23.1 Å². The maximum atomic E-state index is 13.3. The lowest BCUT2D eigenvalue weighted by Gasteiger charge is -2.25. The number of carbonyl (C=O) groups is 1. The molecule has 0 aromatic heterocycles. The van der Waals surface area contributed by atoms with Gasteiger partial charge in [-0.1, -0.05) is 12.1 Å². The minimum Gasteiger partial charge on any atom is -0.497 e. The predicted molar refractivity (Wildman–Crippen MR) is 107 cm³/mol. The predicted octanol–water partition coefficient (Wildman–Crippen LogP) is 4.28. The summed E-state index contributed by atoms with van der Waals surface area (Å²) in [6.07, 6.45) is 0.308. The fourth-order valence-corrected chi connectivity index (χ4v) is 5.30. The Hall–Kier alpha value is -1.40. The molecular formula is C20H32NO6P. The summed E-state index contributed by atoms with van der Waals surface area (Å²) < 4.78 is 35.1. The summed E-state index contributed by atoms with van der Waals surface area (Å²) in [4.78, 5) is 12.9. The van der Waals surface area contributed by atoms with Crippen LogP contribution in [0.15, 0.2) is 24.3 Å². The fourth-order valence-electron chi connectivity index (χ4n) is 3.32. The van der Waals surface area contributed by atoms with Gasteiger partial charge >= 0.3 is 13.6 Å². The number of hydrogen-bond acceptors (Lipinski definition) is 7. The van der Waals surface area contributed by atoms with E-state index in [9.17, 15) is 9.36 Å². The first-order chi connectivity index (χ1) is 13.1. The highest BCUT2D eigenvalue weighted by Crippen LogP contribution is 2.57. The van der Waals surface area contributed by atoms with Gasteiger partial charge in [0, 0.05) is 6.04 Å². The smallest absolute Gasteiger partial charge is 0.347 e. The van der Waals surface area contributed by atoms with E-state index in [4.69, 9.17) is 18.5 Å². The molecule has 28 heavy (non-hydrogen) atoms. The number of nitrogens with one attached hydrogen (secondary N) is 1. The Morgan fingerprint density at radius 2 is 1.71 bits per heavy atom. The van der Waals surface area contributed by atoms with E-state index in [1.54, 1.807) is 21.0 Å². The van der Waals surface area contributed by atoms with Crippen LogP contribution >= 0.6 is 7.60 Å². The van der Waals surface area contributed by atoms with Crippen LogP contribution in [0.5, 0.6) is 5.75 Å². The zero-order chi connectivity index (χ0) is 20.9. The van der Waals surface area contributed by atoms with Crippen molar-refractivity contribution >= 4 is 13.6 Å². The van der Waals surface area contributed by atoms with Gasteiger partial charge in [0.05, 0.1) is 26.2 Å². The van der Waals surface area contributed by atoms with Gasteiger partial charge in [-0.2, -0.15) is 0 Å². The Labute approximate surface area is 167 Å². The van der Waals surface area contributed by atoms with Crippen molar-refractivity contribution in [2.75, 3.05) is 20.3 Å². The van der Waals surface area contributed by atoms with Crippen LogP contribution in [0.3, 0.4) is 0 Å². The van der Waals surface area contributed by atoms with Crippen LogP contribution in [0.25, 0.3) is 0 Å². The molecule has 8 heteroatoms. The van der Waals surface area contributed by atoms with Crippen molar-refractivity contribution in [3.8, 4) is 5.75 Å². The number of benzene rings is 1. The van der Waals surface area contributed by atoms with E-state index >= 15 is 0 Å². The van der Waals surface area contributed by atoms with Crippen molar-refractivity contribution in [3.63, 3.8) is 0 Å². The van der Waals surface area contributed by atoms with E-state index in [-0.39, 0.29) is 25.2 Å². The third-order valence-corrected chi connectivity index (χ3v) is 6.80. The molecule has 1 aromatic carbocycles. The molecule has 0 bridgehead atoms. The number of rotatable bonds is 8. The molecule has 7 nitrogen and oxygen atoms in total. The summed E-state index contributed by atoms with van der Waals surface area (Å²) in [5.41, 5.74) is 0.280. The summed E-state index contributed by atoms with van der Waals surface area (Å²) in [6.45, 7) is 9.56. The van der Waals surface area contributed by atoms with Crippen LogP contribution in [0.2, 0.25) is 0 Å². The van der Waals surface area contributed by atoms with E-state index in [0.29, 0.717) is 6.42 Å². The maximum Gasteiger partial charge on any atom is 0.347 e. The quantitative estimate of drug-likeness (QED) is 0.503. The van der Waals surface area contributed by atoms with Crippen LogP contribution < -0.4 is 10.1 Å². The molecule has 0 aliphatic carbocycles. The molecule has 0 amide bonds. The molecule has 1 aromatic rings. The molecule has 0 radical (unpaired) electrons. The molecule has 158 valence electrons. The van der Waals surface area contributed by atoms with Crippen LogP contribution in [-0.4, -0.2) is 37.7 Å². The molecule has 1 N–H and O–H groups in total. The second-order valence-corrected chi connectivity index (χ2v) is 9.90. The second-order valence-electron chi connectivity index (χ2n) is 7.68. The number of hydrogen-bond donors (Lipinski definition) is 1. The standard InChI is InChI=1S/C20H32NO6P/c1-7-25-28(23,26-8-2)17-13-16(19(22)27-20(3,4)5)18(21-17)14-9-11-15(24-6)12-10-14/h9-12,16-18,21H,7-8,13H2,1-6H3/t16-,17-,18+/m0/s1. The van der Waals surface area contributed by atoms with E-state index in [1.165, 1.54) is 0 Å². The second kappa shape index (κ2) is 9.40. The molecule has 1 fully saturated rings. The Bertz CT molecular complexity index is 690. The number of methoxy groups -OCH3 is 1. The summed E-state index contributed by atoms with van der Waals surface area (Å²) in [5, 5.41) is 3.32. The van der Waals surface area contributed by atoms with Gasteiger partial charge < -0.3 is 18.5 Å². The lowest BCUT2D eigenvalue weighted by atomic mass is 9.94. The molecule has 0 saturated carbocycles. The third kappa shape index (κ3) is 5.57. The van der Waals surface area contributed by atoms with Gasteiger partial charge in [0.25, 0.3) is 0 Å². The van der Waals surface area contributed by atoms with Crippen molar-refractivity contribution in [3.05, 3.63) is 29.8 Å². The van der Waals surface area contributed by atoms with Gasteiger partial charge in [-0.3, -0.25) is 14.7 Å². The third-order valence-electron chi connectivity index (χ3n) is 4.44. The highest BCUT2D eigenvalue weighted by atomic mass is 31.2. The normalized spacial score (nSPS) is 22.9. The van der Waals surface area contributed by atoms with Gasteiger partial charge in [-0.15, -0.1) is 0 Å². The van der Waals surface area contributed by atoms with E-state index in [1.807, 2.05) is 45.0 Å². The van der Waals surface area contributed by atoms with Crippen LogP contribution in [0.4, 0.5) is 0 Å². The lowest BCUT2D eigenvalue weighted by molar-refractivity contribution is -0.160. The maximum absolute atomic E-state index is 13.3. The lowest BCUT2D eigenvalue weighted by Crippen LogP contribution is -2.32. The minimum atomic E-state index is -3.41. The van der Waals surface area contributed by atoms with Crippen LogP contribution in [0, 0.1) is 5.92 Å². The van der Waals surface area contributed by atoms with Crippen molar-refractivity contribution in [2.24, 2.45) is 5.92 Å². The molecule has 3 atom stereocenters. The van der Waals surface area contributed by atoms with Gasteiger partial charge in [0.2, 0.25) is 0 Å². The first kappa shape index (κ1) is 22.9. The monoisotopic (exact) mass is 413 g/mol.